The average Bonchev–Trinajstić information content (AvgIpc) is 3.33. The maximum atomic E-state index is 13.0. The molecule has 7 N–H and O–H groups in total. The van der Waals surface area contributed by atoms with Gasteiger partial charge in [-0.25, -0.2) is 0 Å². The van der Waals surface area contributed by atoms with E-state index < -0.39 is 92.7 Å². The second-order valence-electron chi connectivity index (χ2n) is 19.8. The molecule has 0 radical (unpaired) electrons. The molecule has 0 aromatic heterocycles. The Labute approximate surface area is 410 Å². The molecule has 11 atom stereocenters. The Morgan fingerprint density at radius 2 is 0.750 bits per heavy atom. The van der Waals surface area contributed by atoms with Crippen molar-refractivity contribution in [1.82, 2.24) is 0 Å². The van der Waals surface area contributed by atoms with Crippen LogP contribution in [0.2, 0.25) is 0 Å². The molecule has 15 heteroatoms. The number of hydrogen-bond acceptors (Lipinski definition) is 15. The van der Waals surface area contributed by atoms with E-state index in [2.05, 4.69) is 13.8 Å². The Bertz CT molecular complexity index is 1190. The number of carbonyl (C=O) groups is 2. The van der Waals surface area contributed by atoms with Crippen molar-refractivity contribution in [2.75, 3.05) is 26.4 Å². The average molecular weight is 977 g/mol. The molecule has 0 aromatic carbocycles. The molecule has 2 aliphatic heterocycles. The fraction of sp³-hybridized carbons (Fsp3) is 0.962. The molecule has 0 aromatic rings. The van der Waals surface area contributed by atoms with Crippen molar-refractivity contribution in [3.05, 3.63) is 0 Å². The fourth-order valence-corrected chi connectivity index (χ4v) is 9.04. The zero-order chi connectivity index (χ0) is 49.6. The van der Waals surface area contributed by atoms with Gasteiger partial charge in [-0.1, -0.05) is 206 Å². The van der Waals surface area contributed by atoms with Gasteiger partial charge in [0.15, 0.2) is 18.7 Å². The van der Waals surface area contributed by atoms with Crippen molar-refractivity contribution in [3.8, 4) is 0 Å². The number of hydrogen-bond donors (Lipinski definition) is 7. The van der Waals surface area contributed by atoms with Gasteiger partial charge in [-0.2, -0.15) is 0 Å². The van der Waals surface area contributed by atoms with Gasteiger partial charge >= 0.3 is 11.9 Å². The van der Waals surface area contributed by atoms with E-state index in [1.165, 1.54) is 154 Å². The predicted molar refractivity (Wildman–Crippen MR) is 262 cm³/mol. The van der Waals surface area contributed by atoms with Crippen LogP contribution in [0.15, 0.2) is 0 Å². The molecule has 0 bridgehead atoms. The first-order valence-corrected chi connectivity index (χ1v) is 27.6. The minimum absolute atomic E-state index is 0.173. The summed E-state index contributed by atoms with van der Waals surface area (Å²) in [5, 5.41) is 72.0. The molecule has 68 heavy (non-hydrogen) atoms. The van der Waals surface area contributed by atoms with E-state index in [4.69, 9.17) is 28.4 Å². The molecule has 0 spiro atoms. The monoisotopic (exact) mass is 977 g/mol. The normalized spacial score (nSPS) is 25.7. The molecule has 11 unspecified atom stereocenters. The molecule has 2 fully saturated rings. The molecule has 15 nitrogen and oxygen atoms in total. The van der Waals surface area contributed by atoms with Crippen molar-refractivity contribution in [3.63, 3.8) is 0 Å². The molecule has 2 rings (SSSR count). The van der Waals surface area contributed by atoms with E-state index in [1.54, 1.807) is 0 Å². The molecular weight excluding hydrogens is 877 g/mol. The SMILES string of the molecule is CCCCCCCCCCCCCCCCCCCCCCCCCCC(=O)OC(COC(=O)CCCCCCCCCC)COC1OC(COC2OC(CO)C(O)C(O)C2O)C(O)C(O)C1O. The predicted octanol–water partition coefficient (Wildman–Crippen LogP) is 8.39. The highest BCUT2D eigenvalue weighted by molar-refractivity contribution is 5.70. The molecule has 0 saturated carbocycles. The van der Waals surface area contributed by atoms with E-state index in [9.17, 15) is 45.3 Å². The Balaban J connectivity index is 1.69. The van der Waals surface area contributed by atoms with E-state index >= 15 is 0 Å². The fourth-order valence-electron chi connectivity index (χ4n) is 9.04. The van der Waals surface area contributed by atoms with Crippen LogP contribution in [0.25, 0.3) is 0 Å². The minimum Gasteiger partial charge on any atom is -0.462 e. The first-order valence-electron chi connectivity index (χ1n) is 27.6. The van der Waals surface area contributed by atoms with E-state index in [0.29, 0.717) is 12.8 Å². The maximum absolute atomic E-state index is 13.0. The van der Waals surface area contributed by atoms with Crippen molar-refractivity contribution >= 4 is 11.9 Å². The van der Waals surface area contributed by atoms with Gasteiger partial charge in [0.2, 0.25) is 0 Å². The summed E-state index contributed by atoms with van der Waals surface area (Å²) in [6, 6.07) is 0. The van der Waals surface area contributed by atoms with Crippen LogP contribution in [0.5, 0.6) is 0 Å². The van der Waals surface area contributed by atoms with E-state index in [1.807, 2.05) is 0 Å². The van der Waals surface area contributed by atoms with Crippen LogP contribution in [0.3, 0.4) is 0 Å². The first-order chi connectivity index (χ1) is 33.0. The topological polar surface area (TPSA) is 231 Å². The summed E-state index contributed by atoms with van der Waals surface area (Å²) in [5.41, 5.74) is 0. The van der Waals surface area contributed by atoms with Crippen molar-refractivity contribution in [2.45, 2.75) is 300 Å². The number of aliphatic hydroxyl groups is 7. The Morgan fingerprint density at radius 1 is 0.412 bits per heavy atom. The number of ether oxygens (including phenoxy) is 6. The van der Waals surface area contributed by atoms with Crippen LogP contribution in [0.4, 0.5) is 0 Å². The highest BCUT2D eigenvalue weighted by Crippen LogP contribution is 2.27. The number of carbonyl (C=O) groups excluding carboxylic acids is 2. The summed E-state index contributed by atoms with van der Waals surface area (Å²) in [5.74, 6) is -0.914. The van der Waals surface area contributed by atoms with Crippen molar-refractivity contribution < 1.29 is 73.8 Å². The molecule has 0 amide bonds. The highest BCUT2D eigenvalue weighted by Gasteiger charge is 2.47. The zero-order valence-electron chi connectivity index (χ0n) is 42.6. The van der Waals surface area contributed by atoms with Crippen LogP contribution < -0.4 is 0 Å². The zero-order valence-corrected chi connectivity index (χ0v) is 42.6. The van der Waals surface area contributed by atoms with E-state index in [-0.39, 0.29) is 26.1 Å². The van der Waals surface area contributed by atoms with Crippen molar-refractivity contribution in [1.29, 1.82) is 0 Å². The summed E-state index contributed by atoms with van der Waals surface area (Å²) in [4.78, 5) is 25.7. The summed E-state index contributed by atoms with van der Waals surface area (Å²) < 4.78 is 33.5. The van der Waals surface area contributed by atoms with Gasteiger partial charge in [-0.05, 0) is 12.8 Å². The quantitative estimate of drug-likeness (QED) is 0.0225. The lowest BCUT2D eigenvalue weighted by Gasteiger charge is -2.42. The number of unbranched alkanes of at least 4 members (excludes halogenated alkanes) is 30. The molecule has 402 valence electrons. The number of aliphatic hydroxyl groups excluding tert-OH is 7. The van der Waals surface area contributed by atoms with Gasteiger partial charge in [-0.3, -0.25) is 9.59 Å². The van der Waals surface area contributed by atoms with Gasteiger partial charge in [0.25, 0.3) is 0 Å². The van der Waals surface area contributed by atoms with E-state index in [0.717, 1.165) is 38.5 Å². The molecule has 0 aliphatic carbocycles. The molecular formula is C53H100O15. The second kappa shape index (κ2) is 41.0. The smallest absolute Gasteiger partial charge is 0.306 e. The number of esters is 2. The van der Waals surface area contributed by atoms with Crippen LogP contribution >= 0.6 is 0 Å². The third-order valence-electron chi connectivity index (χ3n) is 13.6. The van der Waals surface area contributed by atoms with Crippen LogP contribution in [-0.4, -0.2) is 142 Å². The Kier molecular flexibility index (Phi) is 37.8. The second-order valence-corrected chi connectivity index (χ2v) is 19.8. The van der Waals surface area contributed by atoms with Gasteiger partial charge in [0, 0.05) is 12.8 Å². The first kappa shape index (κ1) is 62.6. The molecule has 2 heterocycles. The van der Waals surface area contributed by atoms with Crippen molar-refractivity contribution in [2.24, 2.45) is 0 Å². The van der Waals surface area contributed by atoms with Crippen LogP contribution in [0, 0.1) is 0 Å². The van der Waals surface area contributed by atoms with Gasteiger partial charge < -0.3 is 64.2 Å². The Morgan fingerprint density at radius 3 is 1.15 bits per heavy atom. The maximum Gasteiger partial charge on any atom is 0.306 e. The summed E-state index contributed by atoms with van der Waals surface area (Å²) in [6.45, 7) is 2.59. The number of rotatable bonds is 44. The third kappa shape index (κ3) is 28.5. The minimum atomic E-state index is -1.76. The largest absolute Gasteiger partial charge is 0.462 e. The summed E-state index contributed by atoms with van der Waals surface area (Å²) in [7, 11) is 0. The molecule has 2 aliphatic rings. The van der Waals surface area contributed by atoms with Gasteiger partial charge in [0.05, 0.1) is 19.8 Å². The third-order valence-corrected chi connectivity index (χ3v) is 13.6. The lowest BCUT2D eigenvalue weighted by molar-refractivity contribution is -0.332. The van der Waals surface area contributed by atoms with Gasteiger partial charge in [-0.15, -0.1) is 0 Å². The lowest BCUT2D eigenvalue weighted by Crippen LogP contribution is -2.61. The highest BCUT2D eigenvalue weighted by atomic mass is 16.7. The van der Waals surface area contributed by atoms with Crippen LogP contribution in [-0.2, 0) is 38.0 Å². The summed E-state index contributed by atoms with van der Waals surface area (Å²) in [6.07, 6.45) is 23.1. The molecule has 2 saturated heterocycles. The Hall–Kier alpha value is -1.50. The standard InChI is InChI=1S/C53H100O15/c1-3-5-7-9-11-13-14-15-16-17-18-19-20-21-22-23-24-25-26-27-28-30-32-34-36-45(56)66-41(38-63-44(55)35-33-31-29-12-10-8-6-4-2)39-64-52-51(62)49(60)47(58)43(68-52)40-65-53-50(61)48(59)46(57)42(37-54)67-53/h41-43,46-54,57-62H,3-40H2,1-2H3. The van der Waals surface area contributed by atoms with Crippen LogP contribution in [0.1, 0.15) is 232 Å². The lowest BCUT2D eigenvalue weighted by atomic mass is 9.98. The summed E-state index contributed by atoms with van der Waals surface area (Å²) >= 11 is 0. The van der Waals surface area contributed by atoms with Gasteiger partial charge in [0.1, 0.15) is 55.4 Å².